The summed E-state index contributed by atoms with van der Waals surface area (Å²) in [7, 11) is 0. The van der Waals surface area contributed by atoms with Crippen molar-refractivity contribution in [2.24, 2.45) is 0 Å². The van der Waals surface area contributed by atoms with Crippen LogP contribution in [0.25, 0.3) is 10.4 Å². The van der Waals surface area contributed by atoms with Crippen LogP contribution in [-0.2, 0) is 12.8 Å². The molecule has 1 aromatic heterocycles. The summed E-state index contributed by atoms with van der Waals surface area (Å²) in [6.45, 7) is 0. The lowest BCUT2D eigenvalue weighted by molar-refractivity contribution is 0.950. The molecule has 1 aliphatic carbocycles. The third-order valence-corrected chi connectivity index (χ3v) is 3.66. The molecule has 0 amide bonds. The van der Waals surface area contributed by atoms with Crippen LogP contribution >= 0.6 is 11.3 Å². The standard InChI is InChI=1S/C12H10S/c1-2-4-11-9(3-1)5-6-10-7-8-13-12(10)11/h1-4,7-8H,5-6H2. The Morgan fingerprint density at radius 2 is 1.77 bits per heavy atom. The van der Waals surface area contributed by atoms with Gasteiger partial charge in [-0.2, -0.15) is 0 Å². The lowest BCUT2D eigenvalue weighted by Crippen LogP contribution is -1.99. The molecule has 0 unspecified atom stereocenters. The number of benzene rings is 1. The van der Waals surface area contributed by atoms with E-state index in [1.54, 1.807) is 0 Å². The molecule has 0 spiro atoms. The van der Waals surface area contributed by atoms with Gasteiger partial charge in [-0.05, 0) is 41.0 Å². The summed E-state index contributed by atoms with van der Waals surface area (Å²) < 4.78 is 0. The smallest absolute Gasteiger partial charge is 0.0377 e. The average Bonchev–Trinajstić information content (AvgIpc) is 2.65. The van der Waals surface area contributed by atoms with Gasteiger partial charge in [-0.1, -0.05) is 24.3 Å². The maximum atomic E-state index is 2.26. The Kier molecular flexibility index (Phi) is 1.53. The first-order chi connectivity index (χ1) is 6.45. The molecule has 0 bridgehead atoms. The van der Waals surface area contributed by atoms with Crippen LogP contribution in [0.2, 0.25) is 0 Å². The Balaban J connectivity index is 2.30. The van der Waals surface area contributed by atoms with Crippen LogP contribution in [-0.4, -0.2) is 0 Å². The van der Waals surface area contributed by atoms with E-state index in [1.807, 2.05) is 11.3 Å². The second kappa shape index (κ2) is 2.71. The number of hydrogen-bond donors (Lipinski definition) is 0. The molecule has 13 heavy (non-hydrogen) atoms. The van der Waals surface area contributed by atoms with Gasteiger partial charge in [0.2, 0.25) is 0 Å². The molecule has 0 N–H and O–H groups in total. The lowest BCUT2D eigenvalue weighted by Gasteiger charge is -2.15. The van der Waals surface area contributed by atoms with Crippen LogP contribution in [0.4, 0.5) is 0 Å². The van der Waals surface area contributed by atoms with Crippen molar-refractivity contribution >= 4 is 11.3 Å². The van der Waals surface area contributed by atoms with Crippen LogP contribution < -0.4 is 0 Å². The number of fused-ring (bicyclic) bond motifs is 3. The SMILES string of the molecule is c1ccc2c(c1)CCc1ccsc1-2. The van der Waals surface area contributed by atoms with Crippen molar-refractivity contribution in [3.05, 3.63) is 46.8 Å². The van der Waals surface area contributed by atoms with Crippen LogP contribution in [0, 0.1) is 0 Å². The van der Waals surface area contributed by atoms with E-state index in [9.17, 15) is 0 Å². The fourth-order valence-corrected chi connectivity index (χ4v) is 3.01. The molecule has 0 saturated heterocycles. The van der Waals surface area contributed by atoms with E-state index >= 15 is 0 Å². The first-order valence-electron chi connectivity index (χ1n) is 4.60. The highest BCUT2D eigenvalue weighted by atomic mass is 32.1. The van der Waals surface area contributed by atoms with Gasteiger partial charge in [0.25, 0.3) is 0 Å². The minimum absolute atomic E-state index is 1.21. The largest absolute Gasteiger partial charge is 0.144 e. The van der Waals surface area contributed by atoms with E-state index in [2.05, 4.69) is 35.7 Å². The predicted molar refractivity (Wildman–Crippen MR) is 57.2 cm³/mol. The van der Waals surface area contributed by atoms with Crippen LogP contribution in [0.15, 0.2) is 35.7 Å². The van der Waals surface area contributed by atoms with Crippen LogP contribution in [0.1, 0.15) is 11.1 Å². The molecule has 3 rings (SSSR count). The van der Waals surface area contributed by atoms with Crippen molar-refractivity contribution in [3.8, 4) is 10.4 Å². The van der Waals surface area contributed by atoms with Gasteiger partial charge in [0.15, 0.2) is 0 Å². The van der Waals surface area contributed by atoms with Crippen molar-refractivity contribution in [2.75, 3.05) is 0 Å². The summed E-state index contributed by atoms with van der Waals surface area (Å²) in [6.07, 6.45) is 2.43. The zero-order chi connectivity index (χ0) is 8.67. The summed E-state index contributed by atoms with van der Waals surface area (Å²) in [4.78, 5) is 1.49. The first-order valence-corrected chi connectivity index (χ1v) is 5.48. The minimum atomic E-state index is 1.21. The molecule has 0 radical (unpaired) electrons. The van der Waals surface area contributed by atoms with Gasteiger partial charge in [-0.25, -0.2) is 0 Å². The quantitative estimate of drug-likeness (QED) is 0.590. The van der Waals surface area contributed by atoms with E-state index in [4.69, 9.17) is 0 Å². The highest BCUT2D eigenvalue weighted by Gasteiger charge is 2.15. The summed E-state index contributed by atoms with van der Waals surface area (Å²) in [5.41, 5.74) is 4.50. The molecule has 2 aromatic rings. The minimum Gasteiger partial charge on any atom is -0.144 e. The molecular weight excluding hydrogens is 176 g/mol. The maximum Gasteiger partial charge on any atom is 0.0377 e. The van der Waals surface area contributed by atoms with Gasteiger partial charge >= 0.3 is 0 Å². The van der Waals surface area contributed by atoms with Crippen molar-refractivity contribution in [3.63, 3.8) is 0 Å². The van der Waals surface area contributed by atoms with Crippen molar-refractivity contribution in [1.82, 2.24) is 0 Å². The first kappa shape index (κ1) is 7.34. The van der Waals surface area contributed by atoms with Gasteiger partial charge in [0.05, 0.1) is 0 Å². The van der Waals surface area contributed by atoms with Gasteiger partial charge in [-0.15, -0.1) is 11.3 Å². The topological polar surface area (TPSA) is 0 Å². The van der Waals surface area contributed by atoms with E-state index in [0.717, 1.165) is 0 Å². The Hall–Kier alpha value is -1.08. The number of aryl methyl sites for hydroxylation is 2. The van der Waals surface area contributed by atoms with Crippen molar-refractivity contribution in [1.29, 1.82) is 0 Å². The fourth-order valence-electron chi connectivity index (χ4n) is 2.00. The summed E-state index contributed by atoms with van der Waals surface area (Å²) >= 11 is 1.87. The van der Waals surface area contributed by atoms with Gasteiger partial charge in [0.1, 0.15) is 0 Å². The second-order valence-electron chi connectivity index (χ2n) is 3.43. The molecule has 64 valence electrons. The third kappa shape index (κ3) is 1.04. The third-order valence-electron chi connectivity index (χ3n) is 2.67. The molecule has 1 aliphatic rings. The molecule has 1 aromatic carbocycles. The van der Waals surface area contributed by atoms with Crippen molar-refractivity contribution in [2.45, 2.75) is 12.8 Å². The molecule has 0 fully saturated rings. The molecule has 0 saturated carbocycles. The molecule has 1 heterocycles. The summed E-state index contributed by atoms with van der Waals surface area (Å²) in [5, 5.41) is 2.20. The van der Waals surface area contributed by atoms with E-state index < -0.39 is 0 Å². The fraction of sp³-hybridized carbons (Fsp3) is 0.167. The monoisotopic (exact) mass is 186 g/mol. The van der Waals surface area contributed by atoms with Crippen molar-refractivity contribution < 1.29 is 0 Å². The number of thiophene rings is 1. The predicted octanol–water partition coefficient (Wildman–Crippen LogP) is 3.51. The average molecular weight is 186 g/mol. The summed E-state index contributed by atoms with van der Waals surface area (Å²) in [5.74, 6) is 0. The van der Waals surface area contributed by atoms with E-state index in [0.29, 0.717) is 0 Å². The van der Waals surface area contributed by atoms with Gasteiger partial charge in [0, 0.05) is 4.88 Å². The lowest BCUT2D eigenvalue weighted by atomic mass is 9.92. The molecular formula is C12H10S. The normalized spacial score (nSPS) is 13.5. The summed E-state index contributed by atoms with van der Waals surface area (Å²) in [6, 6.07) is 11.0. The number of hydrogen-bond acceptors (Lipinski definition) is 1. The maximum absolute atomic E-state index is 2.26. The van der Waals surface area contributed by atoms with Crippen LogP contribution in [0.5, 0.6) is 0 Å². The van der Waals surface area contributed by atoms with Crippen LogP contribution in [0.3, 0.4) is 0 Å². The number of rotatable bonds is 0. The van der Waals surface area contributed by atoms with E-state index in [1.165, 1.54) is 34.4 Å². The van der Waals surface area contributed by atoms with E-state index in [-0.39, 0.29) is 0 Å². The second-order valence-corrected chi connectivity index (χ2v) is 4.35. The highest BCUT2D eigenvalue weighted by Crippen LogP contribution is 2.36. The molecule has 0 nitrogen and oxygen atoms in total. The Labute approximate surface area is 81.9 Å². The Bertz CT molecular complexity index is 440. The van der Waals surface area contributed by atoms with Gasteiger partial charge in [-0.3, -0.25) is 0 Å². The Morgan fingerprint density at radius 3 is 2.77 bits per heavy atom. The molecule has 0 atom stereocenters. The van der Waals surface area contributed by atoms with Gasteiger partial charge < -0.3 is 0 Å². The zero-order valence-electron chi connectivity index (χ0n) is 7.29. The zero-order valence-corrected chi connectivity index (χ0v) is 8.10. The molecule has 1 heteroatoms. The highest BCUT2D eigenvalue weighted by molar-refractivity contribution is 7.13. The molecule has 0 aliphatic heterocycles. The Morgan fingerprint density at radius 1 is 0.923 bits per heavy atom.